The summed E-state index contributed by atoms with van der Waals surface area (Å²) in [6.45, 7) is -0.604. The van der Waals surface area contributed by atoms with Crippen LogP contribution in [0.25, 0.3) is 0 Å². The number of hydrogen-bond acceptors (Lipinski definition) is 3. The Kier molecular flexibility index (Phi) is 5.81. The Hall–Kier alpha value is -2.39. The Labute approximate surface area is 143 Å². The number of amides is 1. The average molecular weight is 372 g/mol. The normalized spacial score (nSPS) is 11.6. The number of hydrogen-bond donors (Lipinski definition) is 1. The van der Waals surface area contributed by atoms with Crippen LogP contribution < -0.4 is 5.32 Å². The van der Waals surface area contributed by atoms with E-state index in [1.54, 1.807) is 30.3 Å². The standard InChI is InChI=1S/C16H15F3N2O3S/c1-21(25(23,24)10-11-5-3-2-4-6-11)9-14(22)20-13-8-7-12(17)15(18)16(13)19/h2-8H,9-10H2,1H3,(H,20,22). The van der Waals surface area contributed by atoms with Crippen LogP contribution in [0.5, 0.6) is 0 Å². The number of carbonyl (C=O) groups excluding carboxylic acids is 1. The minimum Gasteiger partial charge on any atom is -0.322 e. The highest BCUT2D eigenvalue weighted by Gasteiger charge is 2.22. The van der Waals surface area contributed by atoms with Crippen molar-refractivity contribution in [1.29, 1.82) is 0 Å². The Morgan fingerprint density at radius 3 is 2.32 bits per heavy atom. The molecule has 0 heterocycles. The summed E-state index contributed by atoms with van der Waals surface area (Å²) in [6.07, 6.45) is 0. The lowest BCUT2D eigenvalue weighted by molar-refractivity contribution is -0.116. The first-order valence-corrected chi connectivity index (χ1v) is 8.73. The van der Waals surface area contributed by atoms with Crippen molar-refractivity contribution in [2.45, 2.75) is 5.75 Å². The molecule has 25 heavy (non-hydrogen) atoms. The number of likely N-dealkylation sites (N-methyl/N-ethyl adjacent to an activating group) is 1. The van der Waals surface area contributed by atoms with E-state index in [0.29, 0.717) is 11.6 Å². The molecular formula is C16H15F3N2O3S. The third-order valence-corrected chi connectivity index (χ3v) is 5.12. The van der Waals surface area contributed by atoms with Crippen molar-refractivity contribution in [2.24, 2.45) is 0 Å². The van der Waals surface area contributed by atoms with Gasteiger partial charge in [-0.2, -0.15) is 4.31 Å². The minimum atomic E-state index is -3.78. The molecule has 0 bridgehead atoms. The third-order valence-electron chi connectivity index (χ3n) is 3.34. The van der Waals surface area contributed by atoms with Crippen LogP contribution in [0.4, 0.5) is 18.9 Å². The van der Waals surface area contributed by atoms with Gasteiger partial charge < -0.3 is 5.32 Å². The van der Waals surface area contributed by atoms with Crippen LogP contribution in [-0.4, -0.2) is 32.2 Å². The zero-order valence-electron chi connectivity index (χ0n) is 13.2. The second-order valence-corrected chi connectivity index (χ2v) is 7.34. The predicted octanol–water partition coefficient (Wildman–Crippen LogP) is 2.50. The Bertz CT molecular complexity index is 874. The molecule has 0 atom stereocenters. The molecule has 0 aliphatic rings. The molecule has 2 aromatic carbocycles. The van der Waals surface area contributed by atoms with Gasteiger partial charge in [0.2, 0.25) is 15.9 Å². The third kappa shape index (κ3) is 4.80. The molecule has 0 aromatic heterocycles. The molecule has 134 valence electrons. The molecule has 0 fully saturated rings. The van der Waals surface area contributed by atoms with Gasteiger partial charge in [0.05, 0.1) is 18.0 Å². The number of anilines is 1. The fourth-order valence-electron chi connectivity index (χ4n) is 2.01. The molecule has 2 aromatic rings. The smallest absolute Gasteiger partial charge is 0.239 e. The number of rotatable bonds is 6. The van der Waals surface area contributed by atoms with Gasteiger partial charge in [-0.25, -0.2) is 21.6 Å². The highest BCUT2D eigenvalue weighted by Crippen LogP contribution is 2.19. The molecule has 0 unspecified atom stereocenters. The maximum atomic E-state index is 13.5. The van der Waals surface area contributed by atoms with Gasteiger partial charge in [0.25, 0.3) is 0 Å². The lowest BCUT2D eigenvalue weighted by Gasteiger charge is -2.17. The molecule has 1 N–H and O–H groups in total. The number of benzene rings is 2. The lowest BCUT2D eigenvalue weighted by atomic mass is 10.2. The first-order valence-electron chi connectivity index (χ1n) is 7.12. The van der Waals surface area contributed by atoms with Crippen LogP contribution in [0.15, 0.2) is 42.5 Å². The Morgan fingerprint density at radius 1 is 1.04 bits per heavy atom. The lowest BCUT2D eigenvalue weighted by Crippen LogP contribution is -2.35. The summed E-state index contributed by atoms with van der Waals surface area (Å²) in [6, 6.07) is 9.87. The molecule has 5 nitrogen and oxygen atoms in total. The summed E-state index contributed by atoms with van der Waals surface area (Å²) in [4.78, 5) is 11.9. The van der Waals surface area contributed by atoms with Gasteiger partial charge in [0.15, 0.2) is 17.5 Å². The second-order valence-electron chi connectivity index (χ2n) is 5.27. The van der Waals surface area contributed by atoms with E-state index in [0.717, 1.165) is 10.4 Å². The SMILES string of the molecule is CN(CC(=O)Nc1ccc(F)c(F)c1F)S(=O)(=O)Cc1ccccc1. The van der Waals surface area contributed by atoms with E-state index in [-0.39, 0.29) is 5.75 Å². The highest BCUT2D eigenvalue weighted by molar-refractivity contribution is 7.88. The van der Waals surface area contributed by atoms with E-state index in [4.69, 9.17) is 0 Å². The van der Waals surface area contributed by atoms with Crippen LogP contribution in [0.1, 0.15) is 5.56 Å². The summed E-state index contributed by atoms with van der Waals surface area (Å²) in [5, 5.41) is 2.02. The molecule has 0 aliphatic heterocycles. The largest absolute Gasteiger partial charge is 0.322 e. The van der Waals surface area contributed by atoms with Crippen LogP contribution in [-0.2, 0) is 20.6 Å². The summed E-state index contributed by atoms with van der Waals surface area (Å²) < 4.78 is 64.7. The van der Waals surface area contributed by atoms with E-state index in [1.165, 1.54) is 7.05 Å². The number of nitrogens with one attached hydrogen (secondary N) is 1. The monoisotopic (exact) mass is 372 g/mol. The van der Waals surface area contributed by atoms with Gasteiger partial charge in [-0.15, -0.1) is 0 Å². The number of halogens is 3. The van der Waals surface area contributed by atoms with E-state index >= 15 is 0 Å². The zero-order valence-corrected chi connectivity index (χ0v) is 14.0. The molecular weight excluding hydrogens is 357 g/mol. The molecule has 0 saturated heterocycles. The Balaban J connectivity index is 2.03. The van der Waals surface area contributed by atoms with Crippen molar-refractivity contribution in [3.8, 4) is 0 Å². The molecule has 0 spiro atoms. The van der Waals surface area contributed by atoms with Crippen LogP contribution in [0.3, 0.4) is 0 Å². The van der Waals surface area contributed by atoms with Crippen LogP contribution in [0.2, 0.25) is 0 Å². The van der Waals surface area contributed by atoms with Gasteiger partial charge in [0, 0.05) is 7.05 Å². The van der Waals surface area contributed by atoms with Gasteiger partial charge >= 0.3 is 0 Å². The van der Waals surface area contributed by atoms with Crippen molar-refractivity contribution in [3.63, 3.8) is 0 Å². The second kappa shape index (κ2) is 7.66. The maximum Gasteiger partial charge on any atom is 0.239 e. The van der Waals surface area contributed by atoms with Crippen molar-refractivity contribution in [1.82, 2.24) is 4.31 Å². The predicted molar refractivity (Wildman–Crippen MR) is 86.6 cm³/mol. The van der Waals surface area contributed by atoms with Gasteiger partial charge in [-0.3, -0.25) is 4.79 Å². The molecule has 0 aliphatic carbocycles. The van der Waals surface area contributed by atoms with E-state index in [1.807, 2.05) is 5.32 Å². The topological polar surface area (TPSA) is 66.5 Å². The first kappa shape index (κ1) is 18.9. The quantitative estimate of drug-likeness (QED) is 0.793. The van der Waals surface area contributed by atoms with Crippen molar-refractivity contribution < 1.29 is 26.4 Å². The van der Waals surface area contributed by atoms with Crippen molar-refractivity contribution in [3.05, 3.63) is 65.5 Å². The maximum absolute atomic E-state index is 13.5. The van der Waals surface area contributed by atoms with Crippen molar-refractivity contribution in [2.75, 3.05) is 18.9 Å². The number of nitrogens with zero attached hydrogens (tertiary/aromatic N) is 1. The van der Waals surface area contributed by atoms with E-state index in [9.17, 15) is 26.4 Å². The number of carbonyl (C=O) groups is 1. The van der Waals surface area contributed by atoms with Crippen LogP contribution in [0, 0.1) is 17.5 Å². The molecule has 9 heteroatoms. The molecule has 0 saturated carbocycles. The zero-order chi connectivity index (χ0) is 18.6. The fourth-order valence-corrected chi connectivity index (χ4v) is 3.16. The van der Waals surface area contributed by atoms with E-state index < -0.39 is 45.6 Å². The summed E-state index contributed by atoms with van der Waals surface area (Å²) in [5.41, 5.74) is -0.0286. The summed E-state index contributed by atoms with van der Waals surface area (Å²) in [5.74, 6) is -5.86. The van der Waals surface area contributed by atoms with Crippen molar-refractivity contribution >= 4 is 21.6 Å². The summed E-state index contributed by atoms with van der Waals surface area (Å²) >= 11 is 0. The molecule has 2 rings (SSSR count). The molecule has 1 amide bonds. The first-order chi connectivity index (χ1) is 11.7. The number of sulfonamides is 1. The minimum absolute atomic E-state index is 0.308. The van der Waals surface area contributed by atoms with E-state index in [2.05, 4.69) is 0 Å². The fraction of sp³-hybridized carbons (Fsp3) is 0.188. The highest BCUT2D eigenvalue weighted by atomic mass is 32.2. The summed E-state index contributed by atoms with van der Waals surface area (Å²) in [7, 11) is -2.59. The average Bonchev–Trinajstić information content (AvgIpc) is 2.56. The van der Waals surface area contributed by atoms with Crippen LogP contribution >= 0.6 is 0 Å². The Morgan fingerprint density at radius 2 is 1.68 bits per heavy atom. The van der Waals surface area contributed by atoms with Gasteiger partial charge in [-0.05, 0) is 17.7 Å². The molecule has 0 radical (unpaired) electrons. The van der Waals surface area contributed by atoms with Gasteiger partial charge in [-0.1, -0.05) is 30.3 Å². The van der Waals surface area contributed by atoms with Gasteiger partial charge in [0.1, 0.15) is 0 Å².